The van der Waals surface area contributed by atoms with Gasteiger partial charge >= 0.3 is 0 Å². The van der Waals surface area contributed by atoms with Crippen LogP contribution in [-0.4, -0.2) is 35.6 Å². The lowest BCUT2D eigenvalue weighted by Gasteiger charge is -2.23. The fraction of sp³-hybridized carbons (Fsp3) is 0.615. The first-order valence-corrected chi connectivity index (χ1v) is 6.21. The van der Waals surface area contributed by atoms with E-state index in [1.807, 2.05) is 18.3 Å². The molecule has 0 spiro atoms. The zero-order valence-electron chi connectivity index (χ0n) is 10.0. The maximum absolute atomic E-state index is 4.30. The number of aromatic nitrogens is 1. The molecule has 16 heavy (non-hydrogen) atoms. The summed E-state index contributed by atoms with van der Waals surface area (Å²) in [6, 6.07) is 6.70. The highest BCUT2D eigenvalue weighted by Crippen LogP contribution is 2.10. The summed E-state index contributed by atoms with van der Waals surface area (Å²) in [4.78, 5) is 6.86. The monoisotopic (exact) mass is 219 g/mol. The number of pyridine rings is 1. The molecule has 1 fully saturated rings. The van der Waals surface area contributed by atoms with Crippen LogP contribution in [0.1, 0.15) is 25.5 Å². The molecule has 1 aromatic heterocycles. The minimum atomic E-state index is 0.645. The number of nitrogens with zero attached hydrogens (tertiary/aromatic N) is 2. The Morgan fingerprint density at radius 3 is 2.88 bits per heavy atom. The van der Waals surface area contributed by atoms with Crippen LogP contribution >= 0.6 is 0 Å². The number of hydrogen-bond donors (Lipinski definition) is 1. The van der Waals surface area contributed by atoms with E-state index in [2.05, 4.69) is 28.2 Å². The van der Waals surface area contributed by atoms with E-state index >= 15 is 0 Å². The van der Waals surface area contributed by atoms with Crippen molar-refractivity contribution in [3.63, 3.8) is 0 Å². The zero-order valence-corrected chi connectivity index (χ0v) is 10.0. The van der Waals surface area contributed by atoms with Crippen molar-refractivity contribution in [3.05, 3.63) is 30.1 Å². The van der Waals surface area contributed by atoms with Crippen LogP contribution in [0.3, 0.4) is 0 Å². The Labute approximate surface area is 97.9 Å². The predicted molar refractivity (Wildman–Crippen MR) is 66.2 cm³/mol. The maximum Gasteiger partial charge on any atom is 0.0541 e. The van der Waals surface area contributed by atoms with Gasteiger partial charge in [-0.25, -0.2) is 0 Å². The molecular weight excluding hydrogens is 198 g/mol. The van der Waals surface area contributed by atoms with Crippen molar-refractivity contribution in [2.75, 3.05) is 19.6 Å². The molecule has 0 radical (unpaired) electrons. The molecule has 1 atom stereocenters. The Morgan fingerprint density at radius 2 is 2.19 bits per heavy atom. The summed E-state index contributed by atoms with van der Waals surface area (Å²) in [6.45, 7) is 6.77. The number of likely N-dealkylation sites (tertiary alicyclic amines) is 1. The summed E-state index contributed by atoms with van der Waals surface area (Å²) < 4.78 is 0. The summed E-state index contributed by atoms with van der Waals surface area (Å²) in [5.74, 6) is 0. The first kappa shape index (κ1) is 11.6. The van der Waals surface area contributed by atoms with E-state index in [0.29, 0.717) is 6.04 Å². The second-order valence-corrected chi connectivity index (χ2v) is 4.54. The molecule has 1 aliphatic heterocycles. The van der Waals surface area contributed by atoms with Gasteiger partial charge in [-0.2, -0.15) is 0 Å². The highest BCUT2D eigenvalue weighted by molar-refractivity contribution is 5.02. The molecule has 1 unspecified atom stereocenters. The fourth-order valence-corrected chi connectivity index (χ4v) is 2.22. The molecule has 1 saturated heterocycles. The van der Waals surface area contributed by atoms with E-state index in [9.17, 15) is 0 Å². The van der Waals surface area contributed by atoms with Crippen LogP contribution in [0.15, 0.2) is 24.4 Å². The van der Waals surface area contributed by atoms with E-state index in [1.165, 1.54) is 25.9 Å². The molecule has 0 aromatic carbocycles. The second-order valence-electron chi connectivity index (χ2n) is 4.54. The summed E-state index contributed by atoms with van der Waals surface area (Å²) in [5, 5.41) is 3.47. The van der Waals surface area contributed by atoms with Gasteiger partial charge in [-0.15, -0.1) is 0 Å². The van der Waals surface area contributed by atoms with Gasteiger partial charge in [-0.3, -0.25) is 9.88 Å². The van der Waals surface area contributed by atoms with E-state index in [1.54, 1.807) is 0 Å². The Bertz CT molecular complexity index is 293. The smallest absolute Gasteiger partial charge is 0.0541 e. The number of rotatable bonds is 5. The average molecular weight is 219 g/mol. The van der Waals surface area contributed by atoms with Gasteiger partial charge in [0.05, 0.1) is 5.69 Å². The van der Waals surface area contributed by atoms with Crippen molar-refractivity contribution in [2.45, 2.75) is 32.4 Å². The fourth-order valence-electron chi connectivity index (χ4n) is 2.22. The van der Waals surface area contributed by atoms with E-state index < -0.39 is 0 Å². The van der Waals surface area contributed by atoms with Crippen molar-refractivity contribution in [1.29, 1.82) is 0 Å². The third-order valence-corrected chi connectivity index (χ3v) is 3.24. The molecule has 0 saturated carbocycles. The van der Waals surface area contributed by atoms with E-state index in [4.69, 9.17) is 0 Å². The van der Waals surface area contributed by atoms with Gasteiger partial charge in [0.2, 0.25) is 0 Å². The molecule has 1 aromatic rings. The van der Waals surface area contributed by atoms with Crippen molar-refractivity contribution >= 4 is 0 Å². The third kappa shape index (κ3) is 3.29. The molecular formula is C13H21N3. The topological polar surface area (TPSA) is 28.2 Å². The maximum atomic E-state index is 4.30. The molecule has 0 amide bonds. The number of hydrogen-bond acceptors (Lipinski definition) is 3. The van der Waals surface area contributed by atoms with Crippen molar-refractivity contribution < 1.29 is 0 Å². The molecule has 88 valence electrons. The Hall–Kier alpha value is -0.930. The lowest BCUT2D eigenvalue weighted by Crippen LogP contribution is -2.38. The quantitative estimate of drug-likeness (QED) is 0.816. The van der Waals surface area contributed by atoms with Gasteiger partial charge in [-0.1, -0.05) is 6.07 Å². The van der Waals surface area contributed by atoms with Gasteiger partial charge in [-0.05, 0) is 45.0 Å². The van der Waals surface area contributed by atoms with E-state index in [-0.39, 0.29) is 0 Å². The highest BCUT2D eigenvalue weighted by atomic mass is 15.2. The van der Waals surface area contributed by atoms with Crippen LogP contribution in [-0.2, 0) is 6.54 Å². The molecule has 2 heterocycles. The summed E-state index contributed by atoms with van der Waals surface area (Å²) in [7, 11) is 0. The van der Waals surface area contributed by atoms with Gasteiger partial charge in [0.1, 0.15) is 0 Å². The predicted octanol–water partition coefficient (Wildman–Crippen LogP) is 1.66. The summed E-state index contributed by atoms with van der Waals surface area (Å²) in [5.41, 5.74) is 1.12. The van der Waals surface area contributed by atoms with Crippen molar-refractivity contribution in [1.82, 2.24) is 15.2 Å². The Morgan fingerprint density at radius 1 is 1.38 bits per heavy atom. The third-order valence-electron chi connectivity index (χ3n) is 3.24. The molecule has 1 aliphatic rings. The first-order valence-electron chi connectivity index (χ1n) is 6.21. The van der Waals surface area contributed by atoms with E-state index in [0.717, 1.165) is 18.8 Å². The molecule has 3 heteroatoms. The molecule has 2 rings (SSSR count). The highest BCUT2D eigenvalue weighted by Gasteiger charge is 2.17. The average Bonchev–Trinajstić information content (AvgIpc) is 2.84. The minimum absolute atomic E-state index is 0.645. The van der Waals surface area contributed by atoms with Gasteiger partial charge in [0.25, 0.3) is 0 Å². The minimum Gasteiger partial charge on any atom is -0.310 e. The molecule has 0 bridgehead atoms. The van der Waals surface area contributed by atoms with Crippen LogP contribution < -0.4 is 5.32 Å². The normalized spacial score (nSPS) is 18.8. The van der Waals surface area contributed by atoms with Crippen LogP contribution in [0.2, 0.25) is 0 Å². The summed E-state index contributed by atoms with van der Waals surface area (Å²) in [6.07, 6.45) is 4.58. The van der Waals surface area contributed by atoms with Crippen LogP contribution in [0.4, 0.5) is 0 Å². The van der Waals surface area contributed by atoms with Crippen LogP contribution in [0.5, 0.6) is 0 Å². The van der Waals surface area contributed by atoms with Gasteiger partial charge < -0.3 is 5.32 Å². The van der Waals surface area contributed by atoms with Gasteiger partial charge in [0.15, 0.2) is 0 Å². The molecule has 0 aliphatic carbocycles. The molecule has 1 N–H and O–H groups in total. The Kier molecular flexibility index (Phi) is 4.31. The van der Waals surface area contributed by atoms with Crippen LogP contribution in [0.25, 0.3) is 0 Å². The summed E-state index contributed by atoms with van der Waals surface area (Å²) >= 11 is 0. The van der Waals surface area contributed by atoms with Crippen molar-refractivity contribution in [3.8, 4) is 0 Å². The first-order chi connectivity index (χ1) is 7.86. The lowest BCUT2D eigenvalue weighted by atomic mass is 10.3. The SMILES string of the molecule is CC(CNCc1ccccn1)N1CCCC1. The van der Waals surface area contributed by atoms with Crippen LogP contribution in [0, 0.1) is 0 Å². The Balaban J connectivity index is 1.67. The molecule has 3 nitrogen and oxygen atoms in total. The standard InChI is InChI=1S/C13H21N3/c1-12(16-8-4-5-9-16)10-14-11-13-6-2-3-7-15-13/h2-3,6-7,12,14H,4-5,8-11H2,1H3. The number of nitrogens with one attached hydrogen (secondary N) is 1. The second kappa shape index (κ2) is 5.97. The van der Waals surface area contributed by atoms with Crippen molar-refractivity contribution in [2.24, 2.45) is 0 Å². The largest absolute Gasteiger partial charge is 0.310 e. The van der Waals surface area contributed by atoms with Gasteiger partial charge in [0, 0.05) is 25.3 Å². The lowest BCUT2D eigenvalue weighted by molar-refractivity contribution is 0.251. The zero-order chi connectivity index (χ0) is 11.2.